The first-order chi connectivity index (χ1) is 9.33. The number of hydrogen-bond acceptors (Lipinski definition) is 4. The topological polar surface area (TPSA) is 46.8 Å². The van der Waals surface area contributed by atoms with Crippen molar-refractivity contribution in [2.45, 2.75) is 19.3 Å². The van der Waals surface area contributed by atoms with Gasteiger partial charge >= 0.3 is 0 Å². The van der Waals surface area contributed by atoms with Gasteiger partial charge < -0.3 is 9.47 Å². The van der Waals surface area contributed by atoms with Crippen LogP contribution >= 0.6 is 0 Å². The molecule has 2 aromatic rings. The van der Waals surface area contributed by atoms with Crippen LogP contribution in [0.2, 0.25) is 0 Å². The third-order valence-corrected chi connectivity index (χ3v) is 3.84. The van der Waals surface area contributed by atoms with E-state index in [-0.39, 0.29) is 0 Å². The molecule has 0 aliphatic carbocycles. The average Bonchev–Trinajstić information content (AvgIpc) is 2.86. The second kappa shape index (κ2) is 5.38. The quantitative estimate of drug-likeness (QED) is 0.839. The molecule has 19 heavy (non-hydrogen) atoms. The summed E-state index contributed by atoms with van der Waals surface area (Å²) in [7, 11) is 2.06. The van der Waals surface area contributed by atoms with Gasteiger partial charge in [-0.1, -0.05) is 0 Å². The smallest absolute Gasteiger partial charge is 0.225 e. The van der Waals surface area contributed by atoms with E-state index in [0.717, 1.165) is 31.4 Å². The predicted molar refractivity (Wildman–Crippen MR) is 73.9 cm³/mol. The fourth-order valence-corrected chi connectivity index (χ4v) is 2.64. The van der Waals surface area contributed by atoms with Gasteiger partial charge in [-0.25, -0.2) is 15.0 Å². The highest BCUT2D eigenvalue weighted by molar-refractivity contribution is 5.28. The molecule has 0 unspecified atom stereocenters. The molecule has 0 atom stereocenters. The summed E-state index contributed by atoms with van der Waals surface area (Å²) >= 11 is 0. The zero-order valence-electron chi connectivity index (χ0n) is 11.2. The Hall–Kier alpha value is -1.91. The van der Waals surface area contributed by atoms with E-state index in [4.69, 9.17) is 0 Å². The number of aromatic nitrogens is 4. The zero-order valence-corrected chi connectivity index (χ0v) is 11.2. The van der Waals surface area contributed by atoms with Crippen molar-refractivity contribution in [1.82, 2.24) is 19.5 Å². The van der Waals surface area contributed by atoms with E-state index >= 15 is 0 Å². The zero-order chi connectivity index (χ0) is 13.1. The van der Waals surface area contributed by atoms with Crippen molar-refractivity contribution in [3.63, 3.8) is 0 Å². The van der Waals surface area contributed by atoms with Crippen LogP contribution in [0.15, 0.2) is 30.9 Å². The number of imidazole rings is 1. The van der Waals surface area contributed by atoms with Gasteiger partial charge in [-0.3, -0.25) is 0 Å². The average molecular weight is 257 g/mol. The molecule has 1 aliphatic rings. The van der Waals surface area contributed by atoms with Crippen LogP contribution in [0.4, 0.5) is 5.95 Å². The predicted octanol–water partition coefficient (Wildman–Crippen LogP) is 1.67. The normalized spacial score (nSPS) is 16.8. The Labute approximate surface area is 113 Å². The third kappa shape index (κ3) is 2.75. The Bertz CT molecular complexity index is 514. The lowest BCUT2D eigenvalue weighted by Gasteiger charge is -2.31. The monoisotopic (exact) mass is 257 g/mol. The molecule has 1 aliphatic heterocycles. The maximum atomic E-state index is 4.41. The lowest BCUT2D eigenvalue weighted by molar-refractivity contribution is 0.391. The molecule has 5 nitrogen and oxygen atoms in total. The van der Waals surface area contributed by atoms with Gasteiger partial charge in [-0.15, -0.1) is 0 Å². The summed E-state index contributed by atoms with van der Waals surface area (Å²) < 4.78 is 2.12. The molecule has 0 spiro atoms. The van der Waals surface area contributed by atoms with Crippen LogP contribution in [0.3, 0.4) is 0 Å². The number of aryl methyl sites for hydroxylation is 1. The highest BCUT2D eigenvalue weighted by atomic mass is 15.2. The number of nitrogens with zero attached hydrogens (tertiary/aromatic N) is 5. The van der Waals surface area contributed by atoms with Crippen molar-refractivity contribution in [3.8, 4) is 0 Å². The molecular formula is C14H19N5. The van der Waals surface area contributed by atoms with Crippen molar-refractivity contribution in [1.29, 1.82) is 0 Å². The third-order valence-electron chi connectivity index (χ3n) is 3.84. The molecule has 3 heterocycles. The van der Waals surface area contributed by atoms with E-state index in [2.05, 4.69) is 31.5 Å². The van der Waals surface area contributed by atoms with Crippen LogP contribution in [-0.4, -0.2) is 32.6 Å². The molecule has 0 saturated carbocycles. The summed E-state index contributed by atoms with van der Waals surface area (Å²) in [5.41, 5.74) is 0. The molecule has 1 fully saturated rings. The van der Waals surface area contributed by atoms with E-state index in [0.29, 0.717) is 0 Å². The Morgan fingerprint density at radius 2 is 1.84 bits per heavy atom. The van der Waals surface area contributed by atoms with Crippen LogP contribution in [0.1, 0.15) is 18.7 Å². The summed E-state index contributed by atoms with van der Waals surface area (Å²) in [6, 6.07) is 1.86. The molecule has 0 N–H and O–H groups in total. The summed E-state index contributed by atoms with van der Waals surface area (Å²) in [6.45, 7) is 2.08. The largest absolute Gasteiger partial charge is 0.341 e. The van der Waals surface area contributed by atoms with Gasteiger partial charge in [-0.05, 0) is 24.8 Å². The lowest BCUT2D eigenvalue weighted by Crippen LogP contribution is -2.35. The first-order valence-corrected chi connectivity index (χ1v) is 6.81. The lowest BCUT2D eigenvalue weighted by atomic mass is 9.93. The molecule has 0 aromatic carbocycles. The van der Waals surface area contributed by atoms with E-state index in [1.807, 2.05) is 30.9 Å². The van der Waals surface area contributed by atoms with Crippen molar-refractivity contribution in [2.75, 3.05) is 18.0 Å². The van der Waals surface area contributed by atoms with Gasteiger partial charge in [-0.2, -0.15) is 0 Å². The van der Waals surface area contributed by atoms with E-state index < -0.39 is 0 Å². The standard InChI is InChI=1S/C14H19N5/c1-18-10-7-15-13(18)11-12-3-8-19(9-4-12)14-16-5-2-6-17-14/h2,5-7,10,12H,3-4,8-9,11H2,1H3. The Balaban J connectivity index is 1.57. The minimum Gasteiger partial charge on any atom is -0.341 e. The summed E-state index contributed by atoms with van der Waals surface area (Å²) in [5.74, 6) is 2.77. The van der Waals surface area contributed by atoms with E-state index in [9.17, 15) is 0 Å². The van der Waals surface area contributed by atoms with E-state index in [1.54, 1.807) is 0 Å². The number of hydrogen-bond donors (Lipinski definition) is 0. The van der Waals surface area contributed by atoms with Gasteiger partial charge in [0, 0.05) is 51.3 Å². The Kier molecular flexibility index (Phi) is 3.44. The van der Waals surface area contributed by atoms with Crippen molar-refractivity contribution in [3.05, 3.63) is 36.7 Å². The van der Waals surface area contributed by atoms with Crippen molar-refractivity contribution < 1.29 is 0 Å². The molecule has 3 rings (SSSR count). The minimum atomic E-state index is 0.723. The molecular weight excluding hydrogens is 238 g/mol. The molecule has 0 bridgehead atoms. The van der Waals surface area contributed by atoms with Crippen LogP contribution in [0.5, 0.6) is 0 Å². The second-order valence-corrected chi connectivity index (χ2v) is 5.14. The van der Waals surface area contributed by atoms with Crippen LogP contribution < -0.4 is 4.90 Å². The van der Waals surface area contributed by atoms with Crippen LogP contribution in [0.25, 0.3) is 0 Å². The molecule has 0 radical (unpaired) electrons. The van der Waals surface area contributed by atoms with Crippen molar-refractivity contribution >= 4 is 5.95 Å². The van der Waals surface area contributed by atoms with Gasteiger partial charge in [0.15, 0.2) is 0 Å². The van der Waals surface area contributed by atoms with Crippen LogP contribution in [0, 0.1) is 5.92 Å². The second-order valence-electron chi connectivity index (χ2n) is 5.14. The van der Waals surface area contributed by atoms with E-state index in [1.165, 1.54) is 18.7 Å². The number of anilines is 1. The Morgan fingerprint density at radius 1 is 1.11 bits per heavy atom. The minimum absolute atomic E-state index is 0.723. The van der Waals surface area contributed by atoms with Gasteiger partial charge in [0.05, 0.1) is 0 Å². The number of rotatable bonds is 3. The molecule has 5 heteroatoms. The highest BCUT2D eigenvalue weighted by Crippen LogP contribution is 2.22. The molecule has 0 amide bonds. The van der Waals surface area contributed by atoms with Gasteiger partial charge in [0.1, 0.15) is 5.82 Å². The first-order valence-electron chi connectivity index (χ1n) is 6.81. The first kappa shape index (κ1) is 12.1. The summed E-state index contributed by atoms with van der Waals surface area (Å²) in [4.78, 5) is 15.3. The molecule has 2 aromatic heterocycles. The van der Waals surface area contributed by atoms with Crippen molar-refractivity contribution in [2.24, 2.45) is 13.0 Å². The summed E-state index contributed by atoms with van der Waals surface area (Å²) in [6.07, 6.45) is 11.0. The SMILES string of the molecule is Cn1ccnc1CC1CCN(c2ncccn2)CC1. The van der Waals surface area contributed by atoms with Gasteiger partial charge in [0.2, 0.25) is 5.95 Å². The maximum absolute atomic E-state index is 4.41. The van der Waals surface area contributed by atoms with Crippen LogP contribution in [-0.2, 0) is 13.5 Å². The molecule has 100 valence electrons. The number of piperidine rings is 1. The Morgan fingerprint density at radius 3 is 2.47 bits per heavy atom. The summed E-state index contributed by atoms with van der Waals surface area (Å²) in [5, 5.41) is 0. The molecule has 1 saturated heterocycles. The maximum Gasteiger partial charge on any atom is 0.225 e. The highest BCUT2D eigenvalue weighted by Gasteiger charge is 2.21. The fraction of sp³-hybridized carbons (Fsp3) is 0.500. The van der Waals surface area contributed by atoms with Gasteiger partial charge in [0.25, 0.3) is 0 Å². The fourth-order valence-electron chi connectivity index (χ4n) is 2.64.